The van der Waals surface area contributed by atoms with Gasteiger partial charge in [-0.05, 0) is 36.3 Å². The molecule has 66 valence electrons. The van der Waals surface area contributed by atoms with Crippen LogP contribution in [0.2, 0.25) is 0 Å². The van der Waals surface area contributed by atoms with Gasteiger partial charge >= 0.3 is 0 Å². The van der Waals surface area contributed by atoms with E-state index < -0.39 is 42.6 Å². The highest BCUT2D eigenvalue weighted by Gasteiger charge is 2.18. The summed E-state index contributed by atoms with van der Waals surface area (Å²) in [5.41, 5.74) is -1.60. The number of aromatic nitrogens is 1. The fourth-order valence-electron chi connectivity index (χ4n) is 1.11. The molecule has 0 amide bonds. The summed E-state index contributed by atoms with van der Waals surface area (Å²) in [5, 5.41) is 0. The molecule has 0 aliphatic rings. The molecule has 1 aromatic heterocycles. The van der Waals surface area contributed by atoms with Crippen LogP contribution in [-0.2, 0) is 5.41 Å². The van der Waals surface area contributed by atoms with Gasteiger partial charge in [-0.2, -0.15) is 0 Å². The monoisotopic (exact) mass is 171 g/mol. The Kier molecular flexibility index (Phi) is 0.754. The first-order valence-electron chi connectivity index (χ1n) is 7.70. The largest absolute Gasteiger partial charge is 0.261 e. The van der Waals surface area contributed by atoms with Gasteiger partial charge in [-0.3, -0.25) is 4.98 Å². The molecule has 0 aromatic carbocycles. The van der Waals surface area contributed by atoms with Crippen molar-refractivity contribution in [2.75, 3.05) is 0 Å². The maximum atomic E-state index is 7.78. The Bertz CT molecular complexity index is 521. The lowest BCUT2D eigenvalue weighted by Crippen LogP contribution is -2.15. The molecule has 1 heterocycles. The van der Waals surface area contributed by atoms with Crippen molar-refractivity contribution in [2.45, 2.75) is 39.9 Å². The van der Waals surface area contributed by atoms with Crippen LogP contribution in [0.25, 0.3) is 0 Å². The van der Waals surface area contributed by atoms with Gasteiger partial charge in [0.15, 0.2) is 0 Å². The van der Waals surface area contributed by atoms with Crippen molar-refractivity contribution in [3.05, 3.63) is 29.0 Å². The van der Waals surface area contributed by atoms with Crippen LogP contribution >= 0.6 is 0 Å². The zero-order valence-corrected chi connectivity index (χ0v) is 7.45. The van der Waals surface area contributed by atoms with Crippen molar-refractivity contribution < 1.29 is 11.0 Å². The van der Waals surface area contributed by atoms with Gasteiger partial charge in [0, 0.05) is 20.1 Å². The van der Waals surface area contributed by atoms with Gasteiger partial charge in [0.25, 0.3) is 0 Å². The molecule has 0 unspecified atom stereocenters. The molecular formula is C11H17N. The highest BCUT2D eigenvalue weighted by Crippen LogP contribution is 2.26. The van der Waals surface area contributed by atoms with Gasteiger partial charge in [-0.25, -0.2) is 0 Å². The van der Waals surface area contributed by atoms with E-state index >= 15 is 0 Å². The molecule has 1 heteroatoms. The molecule has 0 fully saturated rings. The van der Waals surface area contributed by atoms with E-state index in [-0.39, 0.29) is 5.56 Å². The van der Waals surface area contributed by atoms with Crippen LogP contribution in [0.1, 0.15) is 48.6 Å². The maximum Gasteiger partial charge on any atom is 0.0840 e. The topological polar surface area (TPSA) is 12.9 Å². The minimum absolute atomic E-state index is 0.0125. The molecule has 0 saturated heterocycles. The fraction of sp³-hybridized carbons (Fsp3) is 0.545. The molecule has 1 aromatic rings. The van der Waals surface area contributed by atoms with E-state index in [4.69, 9.17) is 11.0 Å². The highest BCUT2D eigenvalue weighted by atomic mass is 14.7. The van der Waals surface area contributed by atoms with Crippen LogP contribution in [-0.4, -0.2) is 4.98 Å². The van der Waals surface area contributed by atoms with Crippen molar-refractivity contribution in [1.29, 1.82) is 0 Å². The van der Waals surface area contributed by atoms with Crippen LogP contribution in [0.4, 0.5) is 0 Å². The van der Waals surface area contributed by atoms with Gasteiger partial charge in [-0.15, -0.1) is 0 Å². The number of hydrogen-bond donors (Lipinski definition) is 0. The molecule has 12 heavy (non-hydrogen) atoms. The number of aryl methyl sites for hydroxylation is 1. The second-order valence-corrected chi connectivity index (χ2v) is 3.70. The summed E-state index contributed by atoms with van der Waals surface area (Å²) in [7, 11) is 0. The average molecular weight is 171 g/mol. The fourth-order valence-corrected chi connectivity index (χ4v) is 1.11. The van der Waals surface area contributed by atoms with Crippen molar-refractivity contribution in [3.8, 4) is 0 Å². The van der Waals surface area contributed by atoms with Crippen molar-refractivity contribution in [1.82, 2.24) is 4.98 Å². The maximum absolute atomic E-state index is 7.78. The Morgan fingerprint density at radius 1 is 1.42 bits per heavy atom. The lowest BCUT2D eigenvalue weighted by molar-refractivity contribution is 0.578. The first-order chi connectivity index (χ1) is 8.67. The summed E-state index contributed by atoms with van der Waals surface area (Å²) in [4.78, 5) is 3.65. The third-order valence-corrected chi connectivity index (χ3v) is 1.59. The van der Waals surface area contributed by atoms with Gasteiger partial charge in [-0.1, -0.05) is 20.8 Å². The Morgan fingerprint density at radius 3 is 2.67 bits per heavy atom. The Balaban J connectivity index is 3.96. The minimum Gasteiger partial charge on any atom is -0.261 e. The standard InChI is InChI=1S/C11H17N/c1-8-6-7-12-9(2)10(8)11(3,4)5/h6-7H,1-5H3/i1D3,2D3,6D,7D. The van der Waals surface area contributed by atoms with Crippen LogP contribution < -0.4 is 0 Å². The zero-order valence-electron chi connectivity index (χ0n) is 15.4. The lowest BCUT2D eigenvalue weighted by Gasteiger charge is -2.23. The Hall–Kier alpha value is -0.850. The van der Waals surface area contributed by atoms with Gasteiger partial charge < -0.3 is 0 Å². The number of pyridine rings is 1. The molecule has 0 spiro atoms. The van der Waals surface area contributed by atoms with E-state index in [2.05, 4.69) is 4.98 Å². The SMILES string of the molecule is [2H]c1nc(C([2H])([2H])[2H])c(C(C)(C)C)c(C([2H])([2H])[2H])c1[2H]. The van der Waals surface area contributed by atoms with Crippen LogP contribution in [0.5, 0.6) is 0 Å². The molecule has 0 aliphatic carbocycles. The number of nitrogens with zero attached hydrogens (tertiary/aromatic N) is 1. The van der Waals surface area contributed by atoms with Gasteiger partial charge in [0.05, 0.1) is 2.74 Å². The highest BCUT2D eigenvalue weighted by molar-refractivity contribution is 5.33. The molecule has 1 nitrogen and oxygen atoms in total. The Morgan fingerprint density at radius 2 is 2.17 bits per heavy atom. The first-order valence-corrected chi connectivity index (χ1v) is 3.70. The van der Waals surface area contributed by atoms with Crippen molar-refractivity contribution in [2.24, 2.45) is 0 Å². The van der Waals surface area contributed by atoms with E-state index in [1.54, 1.807) is 20.8 Å². The summed E-state index contributed by atoms with van der Waals surface area (Å²) in [5.74, 6) is 0. The summed E-state index contributed by atoms with van der Waals surface area (Å²) in [6, 6.07) is -0.539. The van der Waals surface area contributed by atoms with Gasteiger partial charge in [0.1, 0.15) is 0 Å². The third kappa shape index (κ3) is 1.66. The molecule has 0 radical (unpaired) electrons. The Labute approximate surface area is 86.1 Å². The molecule has 0 bridgehead atoms. The van der Waals surface area contributed by atoms with E-state index in [1.807, 2.05) is 0 Å². The molecule has 0 atom stereocenters. The summed E-state index contributed by atoms with van der Waals surface area (Å²) >= 11 is 0. The normalized spacial score (nSPS) is 23.6. The second kappa shape index (κ2) is 2.89. The number of hydrogen-bond acceptors (Lipinski definition) is 1. The van der Waals surface area contributed by atoms with E-state index in [9.17, 15) is 0 Å². The summed E-state index contributed by atoms with van der Waals surface area (Å²) in [6.45, 7) is -0.308. The predicted molar refractivity (Wildman–Crippen MR) is 52.4 cm³/mol. The average Bonchev–Trinajstić information content (AvgIpc) is 2.15. The van der Waals surface area contributed by atoms with Crippen LogP contribution in [0.15, 0.2) is 12.2 Å². The van der Waals surface area contributed by atoms with E-state index in [1.165, 1.54) is 0 Å². The van der Waals surface area contributed by atoms with E-state index in [0.717, 1.165) is 0 Å². The van der Waals surface area contributed by atoms with Crippen molar-refractivity contribution in [3.63, 3.8) is 0 Å². The van der Waals surface area contributed by atoms with E-state index in [0.29, 0.717) is 0 Å². The molecule has 0 saturated carbocycles. The second-order valence-electron chi connectivity index (χ2n) is 3.70. The van der Waals surface area contributed by atoms with Crippen molar-refractivity contribution >= 4 is 0 Å². The third-order valence-electron chi connectivity index (χ3n) is 1.59. The molecule has 0 N–H and O–H groups in total. The summed E-state index contributed by atoms with van der Waals surface area (Å²) < 4.78 is 60.5. The molecular weight excluding hydrogens is 146 g/mol. The van der Waals surface area contributed by atoms with Crippen LogP contribution in [0, 0.1) is 13.7 Å². The minimum atomic E-state index is -2.67. The zero-order chi connectivity index (χ0) is 16.1. The molecule has 0 aliphatic heterocycles. The lowest BCUT2D eigenvalue weighted by atomic mass is 9.83. The van der Waals surface area contributed by atoms with Gasteiger partial charge in [0.2, 0.25) is 0 Å². The summed E-state index contributed by atoms with van der Waals surface area (Å²) in [6.07, 6.45) is -0.629. The smallest absolute Gasteiger partial charge is 0.0840 e. The molecule has 1 rings (SSSR count). The quantitative estimate of drug-likeness (QED) is 0.585. The predicted octanol–water partition coefficient (Wildman–Crippen LogP) is 3.00. The van der Waals surface area contributed by atoms with Crippen LogP contribution in [0.3, 0.4) is 0 Å². The first kappa shape index (κ1) is 3.13. The number of rotatable bonds is 0.